The average Bonchev–Trinajstić information content (AvgIpc) is 2.13. The fourth-order valence-corrected chi connectivity index (χ4v) is 1.04. The second kappa shape index (κ2) is 7.96. The van der Waals surface area contributed by atoms with E-state index in [2.05, 4.69) is 29.5 Å². The van der Waals surface area contributed by atoms with Crippen molar-refractivity contribution in [1.82, 2.24) is 10.6 Å². The third-order valence-electron chi connectivity index (χ3n) is 1.73. The normalized spacial score (nSPS) is 12.0. The van der Waals surface area contributed by atoms with Crippen molar-refractivity contribution < 1.29 is 4.79 Å². The molecule has 0 rings (SSSR count). The third kappa shape index (κ3) is 9.30. The molecule has 5 nitrogen and oxygen atoms in total. The molecule has 0 aromatic heterocycles. The minimum absolute atomic E-state index is 0.0270. The molecule has 0 fully saturated rings. The summed E-state index contributed by atoms with van der Waals surface area (Å²) in [5, 5.41) is 5.72. The van der Waals surface area contributed by atoms with Crippen molar-refractivity contribution in [3.8, 4) is 0 Å². The van der Waals surface area contributed by atoms with Crippen molar-refractivity contribution in [3.05, 3.63) is 0 Å². The highest BCUT2D eigenvalue weighted by molar-refractivity contribution is 5.80. The molecule has 0 spiro atoms. The van der Waals surface area contributed by atoms with E-state index in [0.717, 1.165) is 0 Å². The maximum atomic E-state index is 11.3. The summed E-state index contributed by atoms with van der Waals surface area (Å²) in [5.41, 5.74) is 5.62. The number of rotatable bonds is 6. The van der Waals surface area contributed by atoms with E-state index in [1.54, 1.807) is 0 Å². The molecule has 1 amide bonds. The summed E-state index contributed by atoms with van der Waals surface area (Å²) >= 11 is 0. The van der Waals surface area contributed by atoms with Gasteiger partial charge in [-0.05, 0) is 19.8 Å². The van der Waals surface area contributed by atoms with Crippen LogP contribution in [-0.4, -0.2) is 31.0 Å². The van der Waals surface area contributed by atoms with Crippen LogP contribution in [0.2, 0.25) is 0 Å². The third-order valence-corrected chi connectivity index (χ3v) is 1.73. The summed E-state index contributed by atoms with van der Waals surface area (Å²) in [4.78, 5) is 15.4. The lowest BCUT2D eigenvalue weighted by atomic mass is 10.2. The van der Waals surface area contributed by atoms with Gasteiger partial charge < -0.3 is 16.4 Å². The molecule has 0 atom stereocenters. The van der Waals surface area contributed by atoms with E-state index in [4.69, 9.17) is 5.73 Å². The van der Waals surface area contributed by atoms with Gasteiger partial charge in [-0.2, -0.15) is 0 Å². The SMILES string of the molecule is CC(C)CN=C(N)NCCC(=O)NC(C)C. The second-order valence-electron chi connectivity index (χ2n) is 4.52. The molecule has 0 radical (unpaired) electrons. The van der Waals surface area contributed by atoms with Gasteiger partial charge in [0, 0.05) is 25.6 Å². The van der Waals surface area contributed by atoms with Gasteiger partial charge in [-0.1, -0.05) is 13.8 Å². The second-order valence-corrected chi connectivity index (χ2v) is 4.52. The minimum Gasteiger partial charge on any atom is -0.370 e. The van der Waals surface area contributed by atoms with Gasteiger partial charge in [0.05, 0.1) is 0 Å². The van der Waals surface area contributed by atoms with Gasteiger partial charge in [-0.15, -0.1) is 0 Å². The van der Waals surface area contributed by atoms with E-state index < -0.39 is 0 Å². The Kier molecular flexibility index (Phi) is 7.33. The molecule has 4 N–H and O–H groups in total. The highest BCUT2D eigenvalue weighted by Crippen LogP contribution is 1.90. The number of hydrogen-bond donors (Lipinski definition) is 3. The maximum Gasteiger partial charge on any atom is 0.221 e. The van der Waals surface area contributed by atoms with Gasteiger partial charge in [-0.3, -0.25) is 9.79 Å². The van der Waals surface area contributed by atoms with Crippen molar-refractivity contribution in [3.63, 3.8) is 0 Å². The first kappa shape index (κ1) is 14.7. The topological polar surface area (TPSA) is 79.5 Å². The number of nitrogens with two attached hydrogens (primary N) is 1. The number of guanidine groups is 1. The number of nitrogens with one attached hydrogen (secondary N) is 2. The smallest absolute Gasteiger partial charge is 0.221 e. The molecule has 0 aliphatic heterocycles. The van der Waals surface area contributed by atoms with Gasteiger partial charge in [0.25, 0.3) is 0 Å². The Morgan fingerprint density at radius 2 is 1.94 bits per heavy atom. The molecule has 0 saturated heterocycles. The van der Waals surface area contributed by atoms with Crippen LogP contribution in [0.4, 0.5) is 0 Å². The molecule has 0 unspecified atom stereocenters. The first-order valence-electron chi connectivity index (χ1n) is 5.75. The van der Waals surface area contributed by atoms with Crippen molar-refractivity contribution in [1.29, 1.82) is 0 Å². The Balaban J connectivity index is 3.65. The van der Waals surface area contributed by atoms with Gasteiger partial charge >= 0.3 is 0 Å². The van der Waals surface area contributed by atoms with Gasteiger partial charge in [-0.25, -0.2) is 0 Å². The fourth-order valence-electron chi connectivity index (χ4n) is 1.04. The van der Waals surface area contributed by atoms with E-state index >= 15 is 0 Å². The molecule has 0 saturated carbocycles. The molecule has 0 heterocycles. The lowest BCUT2D eigenvalue weighted by Gasteiger charge is -2.09. The zero-order chi connectivity index (χ0) is 12.6. The predicted molar refractivity (Wildman–Crippen MR) is 67.2 cm³/mol. The van der Waals surface area contributed by atoms with Crippen LogP contribution < -0.4 is 16.4 Å². The van der Waals surface area contributed by atoms with Gasteiger partial charge in [0.1, 0.15) is 0 Å². The van der Waals surface area contributed by atoms with E-state index in [1.165, 1.54) is 0 Å². The highest BCUT2D eigenvalue weighted by Gasteiger charge is 2.02. The number of amides is 1. The van der Waals surface area contributed by atoms with Crippen LogP contribution in [-0.2, 0) is 4.79 Å². The van der Waals surface area contributed by atoms with E-state index in [0.29, 0.717) is 31.4 Å². The Bertz CT molecular complexity index is 236. The molecule has 0 aromatic carbocycles. The molecular weight excluding hydrogens is 204 g/mol. The first-order chi connectivity index (χ1) is 7.41. The zero-order valence-electron chi connectivity index (χ0n) is 10.7. The van der Waals surface area contributed by atoms with Crippen LogP contribution >= 0.6 is 0 Å². The minimum atomic E-state index is 0.0270. The predicted octanol–water partition coefficient (Wildman–Crippen LogP) is 0.461. The molecule has 0 bridgehead atoms. The van der Waals surface area contributed by atoms with Crippen molar-refractivity contribution in [2.45, 2.75) is 40.2 Å². The summed E-state index contributed by atoms with van der Waals surface area (Å²) in [6, 6.07) is 0.180. The van der Waals surface area contributed by atoms with E-state index in [1.807, 2.05) is 13.8 Å². The quantitative estimate of drug-likeness (QED) is 0.456. The van der Waals surface area contributed by atoms with Crippen LogP contribution in [0.15, 0.2) is 4.99 Å². The number of nitrogens with zero attached hydrogens (tertiary/aromatic N) is 1. The first-order valence-corrected chi connectivity index (χ1v) is 5.75. The molecule has 0 aliphatic carbocycles. The summed E-state index contributed by atoms with van der Waals surface area (Å²) in [5.74, 6) is 0.926. The van der Waals surface area contributed by atoms with Crippen LogP contribution in [0.5, 0.6) is 0 Å². The van der Waals surface area contributed by atoms with Crippen LogP contribution in [0.25, 0.3) is 0 Å². The number of hydrogen-bond acceptors (Lipinski definition) is 2. The summed E-state index contributed by atoms with van der Waals surface area (Å²) in [6.07, 6.45) is 0.413. The number of carbonyl (C=O) groups is 1. The monoisotopic (exact) mass is 228 g/mol. The molecule has 94 valence electrons. The summed E-state index contributed by atoms with van der Waals surface area (Å²) in [7, 11) is 0. The summed E-state index contributed by atoms with van der Waals surface area (Å²) < 4.78 is 0. The van der Waals surface area contributed by atoms with Crippen LogP contribution in [0, 0.1) is 5.92 Å². The molecule has 0 aromatic rings. The Hall–Kier alpha value is -1.26. The van der Waals surface area contributed by atoms with Gasteiger partial charge in [0.2, 0.25) is 5.91 Å². The standard InChI is InChI=1S/C11H24N4O/c1-8(2)7-14-11(12)13-6-5-10(16)15-9(3)4/h8-9H,5-7H2,1-4H3,(H,15,16)(H3,12,13,14). The summed E-state index contributed by atoms with van der Waals surface area (Å²) in [6.45, 7) is 9.25. The Morgan fingerprint density at radius 1 is 1.31 bits per heavy atom. The lowest BCUT2D eigenvalue weighted by molar-refractivity contribution is -0.121. The maximum absolute atomic E-state index is 11.3. The largest absolute Gasteiger partial charge is 0.370 e. The van der Waals surface area contributed by atoms with E-state index in [-0.39, 0.29) is 11.9 Å². The van der Waals surface area contributed by atoms with Gasteiger partial charge in [0.15, 0.2) is 5.96 Å². The number of aliphatic imine (C=N–C) groups is 1. The molecule has 0 aliphatic rings. The fraction of sp³-hybridized carbons (Fsp3) is 0.818. The Labute approximate surface area is 97.9 Å². The molecule has 16 heavy (non-hydrogen) atoms. The van der Waals surface area contributed by atoms with E-state index in [9.17, 15) is 4.79 Å². The molecular formula is C11H24N4O. The zero-order valence-corrected chi connectivity index (χ0v) is 10.7. The van der Waals surface area contributed by atoms with Crippen LogP contribution in [0.3, 0.4) is 0 Å². The highest BCUT2D eigenvalue weighted by atomic mass is 16.1. The Morgan fingerprint density at radius 3 is 2.44 bits per heavy atom. The van der Waals surface area contributed by atoms with Crippen molar-refractivity contribution in [2.24, 2.45) is 16.6 Å². The lowest BCUT2D eigenvalue weighted by Crippen LogP contribution is -2.37. The molecule has 5 heteroatoms. The average molecular weight is 228 g/mol. The van der Waals surface area contributed by atoms with Crippen LogP contribution in [0.1, 0.15) is 34.1 Å². The number of carbonyl (C=O) groups excluding carboxylic acids is 1. The van der Waals surface area contributed by atoms with Crippen molar-refractivity contribution >= 4 is 11.9 Å². The van der Waals surface area contributed by atoms with Crippen molar-refractivity contribution in [2.75, 3.05) is 13.1 Å².